The molecule has 0 fully saturated rings. The number of benzene rings is 3. The van der Waals surface area contributed by atoms with Crippen molar-refractivity contribution in [1.29, 1.82) is 0 Å². The van der Waals surface area contributed by atoms with E-state index in [4.69, 9.17) is 4.74 Å². The molecule has 0 aliphatic heterocycles. The maximum Gasteiger partial charge on any atom is 0.262 e. The van der Waals surface area contributed by atoms with Gasteiger partial charge in [0.15, 0.2) is 0 Å². The van der Waals surface area contributed by atoms with Crippen molar-refractivity contribution in [1.82, 2.24) is 5.32 Å². The van der Waals surface area contributed by atoms with Gasteiger partial charge in [0.1, 0.15) is 12.4 Å². The van der Waals surface area contributed by atoms with E-state index in [0.29, 0.717) is 17.9 Å². The molecule has 7 heteroatoms. The monoisotopic (exact) mass is 466 g/mol. The molecule has 0 heterocycles. The van der Waals surface area contributed by atoms with E-state index < -0.39 is 10.0 Å². The molecule has 3 rings (SSSR count). The van der Waals surface area contributed by atoms with Gasteiger partial charge in [-0.1, -0.05) is 63.2 Å². The Morgan fingerprint density at radius 2 is 1.61 bits per heavy atom. The number of carbonyl (C=O) groups is 1. The molecular formula is C26H30N2O4S. The summed E-state index contributed by atoms with van der Waals surface area (Å²) in [6.45, 7) is 8.63. The van der Waals surface area contributed by atoms with E-state index >= 15 is 0 Å². The number of carbonyl (C=O) groups excluding carboxylic acids is 1. The lowest BCUT2D eigenvalue weighted by Crippen LogP contribution is -2.28. The van der Waals surface area contributed by atoms with E-state index in [0.717, 1.165) is 11.3 Å². The molecule has 0 aromatic heterocycles. The molecule has 0 aliphatic carbocycles. The second kappa shape index (κ2) is 10.1. The van der Waals surface area contributed by atoms with Gasteiger partial charge in [-0.25, -0.2) is 8.42 Å². The van der Waals surface area contributed by atoms with Gasteiger partial charge in [0, 0.05) is 11.3 Å². The Morgan fingerprint density at radius 3 is 2.30 bits per heavy atom. The Hall–Kier alpha value is -3.32. The van der Waals surface area contributed by atoms with Crippen molar-refractivity contribution in [3.05, 3.63) is 89.5 Å². The summed E-state index contributed by atoms with van der Waals surface area (Å²) in [5, 5.41) is 2.80. The topological polar surface area (TPSA) is 84.5 Å². The number of amides is 1. The third kappa shape index (κ3) is 6.35. The van der Waals surface area contributed by atoms with Crippen LogP contribution in [0.1, 0.15) is 42.3 Å². The van der Waals surface area contributed by atoms with Crippen LogP contribution < -0.4 is 14.8 Å². The number of hydrogen-bond donors (Lipinski definition) is 2. The second-order valence-corrected chi connectivity index (χ2v) is 10.5. The normalized spacial score (nSPS) is 11.6. The van der Waals surface area contributed by atoms with E-state index in [1.165, 1.54) is 6.07 Å². The first-order valence-electron chi connectivity index (χ1n) is 10.8. The Balaban J connectivity index is 1.65. The zero-order chi connectivity index (χ0) is 24.1. The Kier molecular flexibility index (Phi) is 7.43. The van der Waals surface area contributed by atoms with E-state index in [1.807, 2.05) is 24.3 Å². The first-order chi connectivity index (χ1) is 15.6. The molecule has 174 valence electrons. The second-order valence-electron chi connectivity index (χ2n) is 8.80. The number of sulfonamides is 1. The average molecular weight is 467 g/mol. The first kappa shape index (κ1) is 24.3. The van der Waals surface area contributed by atoms with E-state index in [1.54, 1.807) is 49.4 Å². The highest BCUT2D eigenvalue weighted by Crippen LogP contribution is 2.30. The fraction of sp³-hybridized carbons (Fsp3) is 0.269. The van der Waals surface area contributed by atoms with Crippen molar-refractivity contribution >= 4 is 21.6 Å². The molecule has 0 aliphatic rings. The summed E-state index contributed by atoms with van der Waals surface area (Å²) in [5.74, 6) is 0.425. The van der Waals surface area contributed by atoms with Gasteiger partial charge in [-0.3, -0.25) is 9.52 Å². The van der Waals surface area contributed by atoms with E-state index in [-0.39, 0.29) is 28.3 Å². The minimum absolute atomic E-state index is 0.0581. The van der Waals surface area contributed by atoms with Crippen molar-refractivity contribution in [2.75, 3.05) is 17.9 Å². The van der Waals surface area contributed by atoms with Gasteiger partial charge in [-0.05, 0) is 53.8 Å². The third-order valence-electron chi connectivity index (χ3n) is 5.11. The number of rotatable bonds is 8. The van der Waals surface area contributed by atoms with Crippen molar-refractivity contribution in [3.8, 4) is 5.75 Å². The van der Waals surface area contributed by atoms with Crippen LogP contribution in [-0.4, -0.2) is 27.5 Å². The molecule has 3 aromatic carbocycles. The number of nitrogens with one attached hydrogen (secondary N) is 2. The van der Waals surface area contributed by atoms with Crippen molar-refractivity contribution in [3.63, 3.8) is 0 Å². The molecule has 3 aromatic rings. The molecular weight excluding hydrogens is 436 g/mol. The first-order valence-corrected chi connectivity index (χ1v) is 12.3. The minimum atomic E-state index is -3.83. The summed E-state index contributed by atoms with van der Waals surface area (Å²) in [6, 6.07) is 21.1. The maximum atomic E-state index is 12.9. The van der Waals surface area contributed by atoms with Crippen LogP contribution in [0, 0.1) is 6.92 Å². The summed E-state index contributed by atoms with van der Waals surface area (Å²) >= 11 is 0. The van der Waals surface area contributed by atoms with Gasteiger partial charge in [-0.15, -0.1) is 0 Å². The molecule has 0 unspecified atom stereocenters. The highest BCUT2D eigenvalue weighted by atomic mass is 32.2. The lowest BCUT2D eigenvalue weighted by atomic mass is 9.86. The highest BCUT2D eigenvalue weighted by molar-refractivity contribution is 7.92. The van der Waals surface area contributed by atoms with Gasteiger partial charge in [0.2, 0.25) is 0 Å². The Labute approximate surface area is 196 Å². The van der Waals surface area contributed by atoms with Gasteiger partial charge in [-0.2, -0.15) is 0 Å². The third-order valence-corrected chi connectivity index (χ3v) is 6.63. The molecule has 0 saturated heterocycles. The van der Waals surface area contributed by atoms with E-state index in [2.05, 4.69) is 30.8 Å². The van der Waals surface area contributed by atoms with E-state index in [9.17, 15) is 13.2 Å². The van der Waals surface area contributed by atoms with Crippen LogP contribution in [0.5, 0.6) is 5.75 Å². The van der Waals surface area contributed by atoms with Gasteiger partial charge >= 0.3 is 0 Å². The highest BCUT2D eigenvalue weighted by Gasteiger charge is 2.20. The zero-order valence-corrected chi connectivity index (χ0v) is 20.2. The summed E-state index contributed by atoms with van der Waals surface area (Å²) in [4.78, 5) is 12.7. The lowest BCUT2D eigenvalue weighted by Gasteiger charge is -2.22. The number of anilines is 1. The smallest absolute Gasteiger partial charge is 0.262 e. The fourth-order valence-corrected chi connectivity index (χ4v) is 4.72. The summed E-state index contributed by atoms with van der Waals surface area (Å²) < 4.78 is 34.2. The number of ether oxygens (including phenoxy) is 1. The van der Waals surface area contributed by atoms with Crippen LogP contribution in [0.3, 0.4) is 0 Å². The van der Waals surface area contributed by atoms with Gasteiger partial charge in [0.25, 0.3) is 15.9 Å². The van der Waals surface area contributed by atoms with Crippen LogP contribution >= 0.6 is 0 Å². The van der Waals surface area contributed by atoms with Crippen LogP contribution in [0.4, 0.5) is 5.69 Å². The predicted octanol–water partition coefficient (Wildman–Crippen LogP) is 4.90. The molecule has 0 spiro atoms. The molecule has 33 heavy (non-hydrogen) atoms. The van der Waals surface area contributed by atoms with Crippen LogP contribution in [0.15, 0.2) is 77.7 Å². The standard InChI is InChI=1S/C26H30N2O4S/c1-19-14-15-20(18-24(19)33(30,31)28-21-10-6-5-7-11-21)25(29)27-16-17-32-23-13-9-8-12-22(23)26(2,3)4/h5-15,18,28H,16-17H2,1-4H3,(H,27,29). The molecule has 0 saturated carbocycles. The average Bonchev–Trinajstić information content (AvgIpc) is 2.76. The summed E-state index contributed by atoms with van der Waals surface area (Å²) in [5.41, 5.74) is 2.31. The lowest BCUT2D eigenvalue weighted by molar-refractivity contribution is 0.0946. The molecule has 2 N–H and O–H groups in total. The number of para-hydroxylation sites is 2. The number of hydrogen-bond acceptors (Lipinski definition) is 4. The van der Waals surface area contributed by atoms with Crippen LogP contribution in [0.25, 0.3) is 0 Å². The minimum Gasteiger partial charge on any atom is -0.491 e. The quantitative estimate of drug-likeness (QED) is 0.463. The van der Waals surface area contributed by atoms with Crippen molar-refractivity contribution in [2.45, 2.75) is 38.0 Å². The van der Waals surface area contributed by atoms with Crippen molar-refractivity contribution in [2.24, 2.45) is 0 Å². The summed E-state index contributed by atoms with van der Waals surface area (Å²) in [7, 11) is -3.83. The summed E-state index contributed by atoms with van der Waals surface area (Å²) in [6.07, 6.45) is 0. The SMILES string of the molecule is Cc1ccc(C(=O)NCCOc2ccccc2C(C)(C)C)cc1S(=O)(=O)Nc1ccccc1. The molecule has 0 atom stereocenters. The number of aryl methyl sites for hydroxylation is 1. The van der Waals surface area contributed by atoms with Crippen molar-refractivity contribution < 1.29 is 17.9 Å². The maximum absolute atomic E-state index is 12.9. The van der Waals surface area contributed by atoms with Gasteiger partial charge < -0.3 is 10.1 Å². The zero-order valence-electron chi connectivity index (χ0n) is 19.4. The van der Waals surface area contributed by atoms with Crippen LogP contribution in [0.2, 0.25) is 0 Å². The molecule has 0 bridgehead atoms. The fourth-order valence-electron chi connectivity index (χ4n) is 3.39. The molecule has 0 radical (unpaired) electrons. The Bertz CT molecular complexity index is 1220. The Morgan fingerprint density at radius 1 is 0.939 bits per heavy atom. The molecule has 1 amide bonds. The van der Waals surface area contributed by atoms with Crippen LogP contribution in [-0.2, 0) is 15.4 Å². The predicted molar refractivity (Wildman–Crippen MR) is 131 cm³/mol. The van der Waals surface area contributed by atoms with Gasteiger partial charge in [0.05, 0.1) is 11.4 Å². The largest absolute Gasteiger partial charge is 0.491 e. The molecule has 6 nitrogen and oxygen atoms in total.